The van der Waals surface area contributed by atoms with Gasteiger partial charge in [-0.1, -0.05) is 25.1 Å². The zero-order chi connectivity index (χ0) is 10.1. The average molecular weight is 189 g/mol. The molecule has 1 heterocycles. The average Bonchev–Trinajstić information content (AvgIpc) is 2.62. The Morgan fingerprint density at radius 3 is 3.00 bits per heavy atom. The molecule has 0 saturated heterocycles. The lowest BCUT2D eigenvalue weighted by atomic mass is 10.0. The monoisotopic (exact) mass is 189 g/mol. The molecule has 2 aromatic rings. The van der Waals surface area contributed by atoms with E-state index in [0.717, 1.165) is 11.2 Å². The molecule has 2 rings (SSSR count). The molecule has 0 radical (unpaired) electrons. The Balaban J connectivity index is 2.63. The van der Waals surface area contributed by atoms with Gasteiger partial charge in [0.15, 0.2) is 0 Å². The highest BCUT2D eigenvalue weighted by Gasteiger charge is 2.11. The van der Waals surface area contributed by atoms with Crippen molar-refractivity contribution in [2.75, 3.05) is 6.54 Å². The summed E-state index contributed by atoms with van der Waals surface area (Å²) >= 11 is 0. The van der Waals surface area contributed by atoms with Gasteiger partial charge in [-0.2, -0.15) is 5.10 Å². The molecule has 0 aliphatic rings. The summed E-state index contributed by atoms with van der Waals surface area (Å²) in [6, 6.07) is 6.22. The minimum Gasteiger partial charge on any atom is -0.330 e. The third-order valence-corrected chi connectivity index (χ3v) is 2.66. The molecule has 1 aromatic carbocycles. The first-order valence-electron chi connectivity index (χ1n) is 4.87. The minimum absolute atomic E-state index is 0.335. The summed E-state index contributed by atoms with van der Waals surface area (Å²) in [5.41, 5.74) is 9.05. The summed E-state index contributed by atoms with van der Waals surface area (Å²) in [7, 11) is 0. The minimum atomic E-state index is 0.335. The van der Waals surface area contributed by atoms with E-state index >= 15 is 0 Å². The van der Waals surface area contributed by atoms with E-state index in [2.05, 4.69) is 42.2 Å². The second kappa shape index (κ2) is 3.42. The number of nitrogens with zero attached hydrogens (tertiary/aromatic N) is 1. The number of benzene rings is 1. The summed E-state index contributed by atoms with van der Waals surface area (Å²) in [4.78, 5) is 0. The van der Waals surface area contributed by atoms with Gasteiger partial charge in [0.2, 0.25) is 0 Å². The van der Waals surface area contributed by atoms with E-state index in [1.807, 2.05) is 0 Å². The number of H-pyrrole nitrogens is 1. The Morgan fingerprint density at radius 1 is 1.50 bits per heavy atom. The van der Waals surface area contributed by atoms with Crippen molar-refractivity contribution >= 4 is 10.9 Å². The zero-order valence-electron chi connectivity index (χ0n) is 8.54. The van der Waals surface area contributed by atoms with E-state index in [-0.39, 0.29) is 0 Å². The van der Waals surface area contributed by atoms with E-state index in [0.29, 0.717) is 12.5 Å². The summed E-state index contributed by atoms with van der Waals surface area (Å²) in [6.45, 7) is 4.82. The van der Waals surface area contributed by atoms with Crippen molar-refractivity contribution in [2.45, 2.75) is 19.8 Å². The maximum Gasteiger partial charge on any atom is 0.0952 e. The first-order valence-corrected chi connectivity index (χ1v) is 4.87. The SMILES string of the molecule is Cc1cccc2c(C(C)CN)[nH]nc12. The van der Waals surface area contributed by atoms with Crippen LogP contribution in [0.15, 0.2) is 18.2 Å². The quantitative estimate of drug-likeness (QED) is 0.758. The Morgan fingerprint density at radius 2 is 2.29 bits per heavy atom. The van der Waals surface area contributed by atoms with Crippen LogP contribution in [0, 0.1) is 6.92 Å². The van der Waals surface area contributed by atoms with Crippen molar-refractivity contribution in [1.29, 1.82) is 0 Å². The van der Waals surface area contributed by atoms with Crippen LogP contribution in [0.3, 0.4) is 0 Å². The standard InChI is InChI=1S/C11H15N3/c1-7-4-3-5-9-10(7)13-14-11(9)8(2)6-12/h3-5,8H,6,12H2,1-2H3,(H,13,14). The molecule has 1 unspecified atom stereocenters. The van der Waals surface area contributed by atoms with E-state index in [1.165, 1.54) is 10.9 Å². The highest BCUT2D eigenvalue weighted by atomic mass is 15.1. The van der Waals surface area contributed by atoms with E-state index in [1.54, 1.807) is 0 Å². The van der Waals surface area contributed by atoms with Crippen molar-refractivity contribution in [1.82, 2.24) is 10.2 Å². The molecule has 0 amide bonds. The summed E-state index contributed by atoms with van der Waals surface area (Å²) in [5, 5.41) is 8.58. The second-order valence-electron chi connectivity index (χ2n) is 3.75. The van der Waals surface area contributed by atoms with Crippen LogP contribution >= 0.6 is 0 Å². The first-order chi connectivity index (χ1) is 6.74. The topological polar surface area (TPSA) is 54.7 Å². The van der Waals surface area contributed by atoms with E-state index in [4.69, 9.17) is 5.73 Å². The van der Waals surface area contributed by atoms with Crippen molar-refractivity contribution in [3.63, 3.8) is 0 Å². The lowest BCUT2D eigenvalue weighted by Gasteiger charge is -2.05. The molecule has 0 spiro atoms. The summed E-state index contributed by atoms with van der Waals surface area (Å²) in [6.07, 6.45) is 0. The predicted octanol–water partition coefficient (Wildman–Crippen LogP) is 1.93. The third-order valence-electron chi connectivity index (χ3n) is 2.66. The lowest BCUT2D eigenvalue weighted by Crippen LogP contribution is -2.09. The largest absolute Gasteiger partial charge is 0.330 e. The number of hydrogen-bond acceptors (Lipinski definition) is 2. The van der Waals surface area contributed by atoms with Gasteiger partial charge in [-0.15, -0.1) is 0 Å². The molecular weight excluding hydrogens is 174 g/mol. The van der Waals surface area contributed by atoms with Crippen molar-refractivity contribution < 1.29 is 0 Å². The first kappa shape index (κ1) is 9.21. The Hall–Kier alpha value is -1.35. The molecule has 0 aliphatic heterocycles. The Bertz CT molecular complexity index is 445. The van der Waals surface area contributed by atoms with Crippen molar-refractivity contribution in [3.8, 4) is 0 Å². The summed E-state index contributed by atoms with van der Waals surface area (Å²) < 4.78 is 0. The molecule has 0 bridgehead atoms. The van der Waals surface area contributed by atoms with Gasteiger partial charge in [0.05, 0.1) is 5.52 Å². The van der Waals surface area contributed by atoms with Gasteiger partial charge in [0.1, 0.15) is 0 Å². The van der Waals surface area contributed by atoms with Crippen LogP contribution < -0.4 is 5.73 Å². The van der Waals surface area contributed by atoms with Gasteiger partial charge in [-0.05, 0) is 12.5 Å². The van der Waals surface area contributed by atoms with Crippen LogP contribution in [0.25, 0.3) is 10.9 Å². The molecule has 0 saturated carbocycles. The molecule has 0 aliphatic carbocycles. The van der Waals surface area contributed by atoms with Crippen LogP contribution in [-0.4, -0.2) is 16.7 Å². The maximum absolute atomic E-state index is 5.64. The maximum atomic E-state index is 5.64. The van der Waals surface area contributed by atoms with Crippen LogP contribution in [-0.2, 0) is 0 Å². The summed E-state index contributed by atoms with van der Waals surface area (Å²) in [5.74, 6) is 0.335. The van der Waals surface area contributed by atoms with Gasteiger partial charge in [-0.25, -0.2) is 0 Å². The van der Waals surface area contributed by atoms with Crippen LogP contribution in [0.1, 0.15) is 24.1 Å². The number of para-hydroxylation sites is 1. The Labute approximate surface area is 83.3 Å². The normalized spacial score (nSPS) is 13.4. The predicted molar refractivity (Wildman–Crippen MR) is 58.3 cm³/mol. The highest BCUT2D eigenvalue weighted by molar-refractivity contribution is 5.84. The highest BCUT2D eigenvalue weighted by Crippen LogP contribution is 2.24. The third kappa shape index (κ3) is 1.30. The smallest absolute Gasteiger partial charge is 0.0952 e. The van der Waals surface area contributed by atoms with Gasteiger partial charge in [0, 0.05) is 23.5 Å². The fourth-order valence-electron chi connectivity index (χ4n) is 1.69. The molecule has 14 heavy (non-hydrogen) atoms. The number of rotatable bonds is 2. The van der Waals surface area contributed by atoms with E-state index in [9.17, 15) is 0 Å². The molecule has 74 valence electrons. The number of aromatic amines is 1. The molecule has 1 aromatic heterocycles. The van der Waals surface area contributed by atoms with Gasteiger partial charge < -0.3 is 5.73 Å². The van der Waals surface area contributed by atoms with Crippen LogP contribution in [0.2, 0.25) is 0 Å². The molecule has 3 N–H and O–H groups in total. The number of fused-ring (bicyclic) bond motifs is 1. The number of nitrogens with two attached hydrogens (primary N) is 1. The number of hydrogen-bond donors (Lipinski definition) is 2. The van der Waals surface area contributed by atoms with Crippen LogP contribution in [0.5, 0.6) is 0 Å². The van der Waals surface area contributed by atoms with Crippen molar-refractivity contribution in [2.24, 2.45) is 5.73 Å². The molecule has 3 heteroatoms. The lowest BCUT2D eigenvalue weighted by molar-refractivity contribution is 0.744. The van der Waals surface area contributed by atoms with Gasteiger partial charge in [0.25, 0.3) is 0 Å². The zero-order valence-corrected chi connectivity index (χ0v) is 8.54. The molecular formula is C11H15N3. The van der Waals surface area contributed by atoms with Gasteiger partial charge in [-0.3, -0.25) is 5.10 Å². The van der Waals surface area contributed by atoms with Crippen LogP contribution in [0.4, 0.5) is 0 Å². The number of nitrogens with one attached hydrogen (secondary N) is 1. The van der Waals surface area contributed by atoms with Gasteiger partial charge >= 0.3 is 0 Å². The fraction of sp³-hybridized carbons (Fsp3) is 0.364. The fourth-order valence-corrected chi connectivity index (χ4v) is 1.69. The molecule has 0 fully saturated rings. The molecule has 3 nitrogen and oxygen atoms in total. The second-order valence-corrected chi connectivity index (χ2v) is 3.75. The number of aryl methyl sites for hydroxylation is 1. The van der Waals surface area contributed by atoms with Crippen molar-refractivity contribution in [3.05, 3.63) is 29.5 Å². The Kier molecular flexibility index (Phi) is 2.25. The molecule has 1 atom stereocenters. The number of aromatic nitrogens is 2. The van der Waals surface area contributed by atoms with E-state index < -0.39 is 0 Å².